The summed E-state index contributed by atoms with van der Waals surface area (Å²) in [7, 11) is 0. The number of nitrogens with one attached hydrogen (secondary N) is 6. The minimum Gasteiger partial charge on any atom is -0.508 e. The van der Waals surface area contributed by atoms with E-state index in [1.807, 2.05) is 0 Å². The van der Waals surface area contributed by atoms with Gasteiger partial charge in [0, 0.05) is 23.9 Å². The zero-order chi connectivity index (χ0) is 31.0. The summed E-state index contributed by atoms with van der Waals surface area (Å²) in [6.45, 7) is 3.39. The number of carbonyl (C=O) groups is 6. The first-order chi connectivity index (χ1) is 19.8. The standard InChI is InChI=1S/C26H33N7O8S/c1-12-22(38)31-13(2)23(39)32-14(3)24(40)33-18(25(41)27-11-21(36)37)7-15-4-5-19(34)16(6-15)8-17-9-28-26(42-17)29-10-20(35)30-12/h4-6,9,12-14,18,34H,7-8,10-11H2,1-3H3,(H,27,41)(H,28,29)(H,30,35)(H,31,38)(H,32,39)(H,33,40)(H,36,37)/t12-,13-,14-,18-/m0/s1. The number of rotatable bonds is 3. The van der Waals surface area contributed by atoms with Gasteiger partial charge >= 0.3 is 5.97 Å². The molecule has 226 valence electrons. The summed E-state index contributed by atoms with van der Waals surface area (Å²) in [5.41, 5.74) is 1.07. The zero-order valence-corrected chi connectivity index (χ0v) is 24.0. The summed E-state index contributed by atoms with van der Waals surface area (Å²) in [4.78, 5) is 79.3. The smallest absolute Gasteiger partial charge is 0.322 e. The lowest BCUT2D eigenvalue weighted by molar-refractivity contribution is -0.138. The minimum absolute atomic E-state index is 0.0101. The van der Waals surface area contributed by atoms with Gasteiger partial charge in [-0.15, -0.1) is 11.3 Å². The van der Waals surface area contributed by atoms with Crippen LogP contribution in [0.4, 0.5) is 5.13 Å². The number of aromatic nitrogens is 1. The first-order valence-corrected chi connectivity index (χ1v) is 13.8. The number of phenols is 1. The molecule has 2 aromatic rings. The molecule has 0 fully saturated rings. The molecule has 3 rings (SSSR count). The monoisotopic (exact) mass is 603 g/mol. The molecular formula is C26H33N7O8S. The van der Waals surface area contributed by atoms with Gasteiger partial charge in [0.25, 0.3) is 0 Å². The van der Waals surface area contributed by atoms with Crippen LogP contribution in [0.5, 0.6) is 5.75 Å². The van der Waals surface area contributed by atoms with Crippen LogP contribution in [0, 0.1) is 0 Å². The van der Waals surface area contributed by atoms with Crippen LogP contribution in [-0.4, -0.2) is 88.0 Å². The van der Waals surface area contributed by atoms with E-state index in [1.54, 1.807) is 18.3 Å². The molecule has 1 aliphatic heterocycles. The predicted molar refractivity (Wildman–Crippen MR) is 151 cm³/mol. The lowest BCUT2D eigenvalue weighted by atomic mass is 10.00. The predicted octanol–water partition coefficient (Wildman–Crippen LogP) is -1.39. The van der Waals surface area contributed by atoms with Crippen LogP contribution in [0.15, 0.2) is 24.4 Å². The van der Waals surface area contributed by atoms with Crippen molar-refractivity contribution in [3.05, 3.63) is 40.4 Å². The van der Waals surface area contributed by atoms with Crippen LogP contribution in [0.1, 0.15) is 36.8 Å². The molecule has 0 saturated carbocycles. The second-order valence-corrected chi connectivity index (χ2v) is 10.9. The fourth-order valence-corrected chi connectivity index (χ4v) is 4.75. The van der Waals surface area contributed by atoms with E-state index in [1.165, 1.54) is 38.2 Å². The second-order valence-electron chi connectivity index (χ2n) is 9.75. The molecule has 1 aliphatic rings. The van der Waals surface area contributed by atoms with Crippen molar-refractivity contribution in [2.75, 3.05) is 18.4 Å². The second kappa shape index (κ2) is 14.2. The van der Waals surface area contributed by atoms with Crippen LogP contribution in [-0.2, 0) is 41.6 Å². The van der Waals surface area contributed by atoms with Crippen molar-refractivity contribution >= 4 is 52.0 Å². The molecule has 16 heteroatoms. The van der Waals surface area contributed by atoms with Gasteiger partial charge in [-0.05, 0) is 38.0 Å². The SMILES string of the molecule is C[C@@H]1NC(=O)CNc2ncc(s2)Cc2cc(ccc2O)C[C@@H](C(=O)NCC(=O)O)NC(=O)[C@H](C)NC(=O)[C@H](C)NC1=O. The number of carboxylic acid groups (broad SMARTS) is 1. The summed E-state index contributed by atoms with van der Waals surface area (Å²) in [5.74, 6) is -4.58. The first kappa shape index (κ1) is 31.8. The van der Waals surface area contributed by atoms with Gasteiger partial charge in [0.2, 0.25) is 29.5 Å². The number of fused-ring (bicyclic) bond motifs is 4. The zero-order valence-electron chi connectivity index (χ0n) is 23.1. The van der Waals surface area contributed by atoms with E-state index in [2.05, 4.69) is 36.9 Å². The third kappa shape index (κ3) is 9.15. The third-order valence-electron chi connectivity index (χ3n) is 6.22. The van der Waals surface area contributed by atoms with Crippen molar-refractivity contribution in [3.8, 4) is 5.75 Å². The molecule has 0 saturated heterocycles. The van der Waals surface area contributed by atoms with Gasteiger partial charge in [-0.1, -0.05) is 12.1 Å². The van der Waals surface area contributed by atoms with E-state index in [4.69, 9.17) is 5.11 Å². The Labute approximate surface area is 244 Å². The highest BCUT2D eigenvalue weighted by Gasteiger charge is 2.27. The van der Waals surface area contributed by atoms with E-state index < -0.39 is 66.2 Å². The van der Waals surface area contributed by atoms with Crippen molar-refractivity contribution in [2.45, 2.75) is 57.8 Å². The third-order valence-corrected chi connectivity index (χ3v) is 7.18. The summed E-state index contributed by atoms with van der Waals surface area (Å²) in [5, 5.41) is 35.0. The Morgan fingerprint density at radius 1 is 0.976 bits per heavy atom. The minimum atomic E-state index is -1.27. The molecule has 1 aromatic carbocycles. The van der Waals surface area contributed by atoms with Crippen LogP contribution >= 0.6 is 11.3 Å². The molecule has 0 spiro atoms. The van der Waals surface area contributed by atoms with Crippen molar-refractivity contribution in [1.29, 1.82) is 0 Å². The van der Waals surface area contributed by atoms with E-state index in [9.17, 15) is 33.9 Å². The van der Waals surface area contributed by atoms with Gasteiger partial charge in [-0.2, -0.15) is 0 Å². The van der Waals surface area contributed by atoms with Crippen molar-refractivity contribution in [3.63, 3.8) is 0 Å². The van der Waals surface area contributed by atoms with Crippen LogP contribution in [0.2, 0.25) is 0 Å². The van der Waals surface area contributed by atoms with Gasteiger partial charge in [0.05, 0.1) is 6.54 Å². The molecule has 1 aromatic heterocycles. The van der Waals surface area contributed by atoms with Crippen LogP contribution in [0.25, 0.3) is 0 Å². The van der Waals surface area contributed by atoms with Crippen LogP contribution in [0.3, 0.4) is 0 Å². The van der Waals surface area contributed by atoms with E-state index in [-0.39, 0.29) is 25.1 Å². The quantitative estimate of drug-likeness (QED) is 0.205. The number of hydrogen-bond acceptors (Lipinski definition) is 10. The van der Waals surface area contributed by atoms with Crippen LogP contribution < -0.4 is 31.9 Å². The summed E-state index contributed by atoms with van der Waals surface area (Å²) in [6, 6.07) is 0.275. The molecule has 0 radical (unpaired) electrons. The molecule has 0 aliphatic carbocycles. The lowest BCUT2D eigenvalue weighted by Gasteiger charge is -2.23. The Balaban J connectivity index is 1.91. The number of carbonyl (C=O) groups excluding carboxylic acids is 5. The Morgan fingerprint density at radius 3 is 2.24 bits per heavy atom. The number of amides is 5. The number of hydrogen-bond donors (Lipinski definition) is 8. The Hall–Kier alpha value is -4.73. The maximum Gasteiger partial charge on any atom is 0.322 e. The fourth-order valence-electron chi connectivity index (χ4n) is 3.92. The van der Waals surface area contributed by atoms with Gasteiger partial charge in [-0.25, -0.2) is 4.98 Å². The van der Waals surface area contributed by atoms with Crippen molar-refractivity contribution < 1.29 is 39.0 Å². The summed E-state index contributed by atoms with van der Waals surface area (Å²) >= 11 is 1.25. The van der Waals surface area contributed by atoms with E-state index in [0.717, 1.165) is 4.88 Å². The lowest BCUT2D eigenvalue weighted by Crippen LogP contribution is -2.57. The molecular weight excluding hydrogens is 570 g/mol. The summed E-state index contributed by atoms with van der Waals surface area (Å²) < 4.78 is 0. The molecule has 4 bridgehead atoms. The number of nitrogens with zero attached hydrogens (tertiary/aromatic N) is 1. The topological polar surface area (TPSA) is 228 Å². The molecule has 0 unspecified atom stereocenters. The first-order valence-electron chi connectivity index (χ1n) is 13.0. The maximum atomic E-state index is 13.0. The molecule has 8 N–H and O–H groups in total. The van der Waals surface area contributed by atoms with Gasteiger partial charge in [-0.3, -0.25) is 28.8 Å². The van der Waals surface area contributed by atoms with Crippen molar-refractivity contribution in [2.24, 2.45) is 0 Å². The maximum absolute atomic E-state index is 13.0. The molecule has 4 atom stereocenters. The number of aromatic hydroxyl groups is 1. The number of phenolic OH excluding ortho intramolecular Hbond substituents is 1. The number of benzene rings is 1. The Bertz CT molecular complexity index is 1360. The number of anilines is 1. The van der Waals surface area contributed by atoms with E-state index in [0.29, 0.717) is 16.3 Å². The highest BCUT2D eigenvalue weighted by molar-refractivity contribution is 7.15. The van der Waals surface area contributed by atoms with Gasteiger partial charge < -0.3 is 42.1 Å². The largest absolute Gasteiger partial charge is 0.508 e. The number of carboxylic acids is 1. The average Bonchev–Trinajstić information content (AvgIpc) is 3.38. The molecule has 15 nitrogen and oxygen atoms in total. The highest BCUT2D eigenvalue weighted by Crippen LogP contribution is 2.26. The normalized spacial score (nSPS) is 22.5. The Morgan fingerprint density at radius 2 is 1.60 bits per heavy atom. The average molecular weight is 604 g/mol. The van der Waals surface area contributed by atoms with Crippen molar-refractivity contribution in [1.82, 2.24) is 31.6 Å². The molecule has 2 heterocycles. The fraction of sp³-hybridized carbons (Fsp3) is 0.423. The van der Waals surface area contributed by atoms with E-state index >= 15 is 0 Å². The number of thiazole rings is 1. The highest BCUT2D eigenvalue weighted by atomic mass is 32.1. The Kier molecular flexibility index (Phi) is 10.8. The van der Waals surface area contributed by atoms with Gasteiger partial charge in [0.1, 0.15) is 36.5 Å². The molecule has 42 heavy (non-hydrogen) atoms. The molecule has 5 amide bonds. The number of aliphatic carboxylic acids is 1. The summed E-state index contributed by atoms with van der Waals surface area (Å²) in [6.07, 6.45) is 1.80. The van der Waals surface area contributed by atoms with Gasteiger partial charge in [0.15, 0.2) is 5.13 Å².